The predicted octanol–water partition coefficient (Wildman–Crippen LogP) is 1.92. The van der Waals surface area contributed by atoms with Crippen molar-refractivity contribution < 1.29 is 14.7 Å². The summed E-state index contributed by atoms with van der Waals surface area (Å²) < 4.78 is 0. The molecule has 1 atom stereocenters. The van der Waals surface area contributed by atoms with Gasteiger partial charge in [0, 0.05) is 24.1 Å². The molecule has 1 heterocycles. The van der Waals surface area contributed by atoms with E-state index in [0.29, 0.717) is 0 Å². The molecule has 5 nitrogen and oxygen atoms in total. The van der Waals surface area contributed by atoms with Gasteiger partial charge in [-0.15, -0.1) is 0 Å². The van der Waals surface area contributed by atoms with Gasteiger partial charge in [-0.25, -0.2) is 4.79 Å². The molecular weight excluding hydrogens is 264 g/mol. The highest BCUT2D eigenvalue weighted by Gasteiger charge is 2.39. The first kappa shape index (κ1) is 14.5. The van der Waals surface area contributed by atoms with Crippen molar-refractivity contribution in [3.8, 4) is 0 Å². The van der Waals surface area contributed by atoms with E-state index in [2.05, 4.69) is 5.32 Å². The monoisotopic (exact) mass is 286 g/mol. The van der Waals surface area contributed by atoms with Gasteiger partial charge in [0.1, 0.15) is 0 Å². The quantitative estimate of drug-likeness (QED) is 0.831. The van der Waals surface area contributed by atoms with Crippen molar-refractivity contribution >= 4 is 23.8 Å². The molecule has 0 aromatic heterocycles. The van der Waals surface area contributed by atoms with Gasteiger partial charge in [0.25, 0.3) is 0 Å². The van der Waals surface area contributed by atoms with Crippen LogP contribution in [0.15, 0.2) is 0 Å². The smallest absolute Gasteiger partial charge is 0.318 e. The number of amides is 2. The molecule has 1 saturated heterocycles. The second-order valence-electron chi connectivity index (χ2n) is 5.61. The van der Waals surface area contributed by atoms with Gasteiger partial charge < -0.3 is 15.3 Å². The fourth-order valence-corrected chi connectivity index (χ4v) is 4.03. The fourth-order valence-electron chi connectivity index (χ4n) is 3.01. The maximum atomic E-state index is 12.4. The maximum Gasteiger partial charge on any atom is 0.318 e. The molecule has 0 bridgehead atoms. The molecular formula is C13H22N2O3S. The van der Waals surface area contributed by atoms with Gasteiger partial charge in [-0.1, -0.05) is 12.8 Å². The summed E-state index contributed by atoms with van der Waals surface area (Å²) in [5.74, 6) is 1.09. The standard InChI is InChI=1S/C13H22N2O3S/c1-10-9-19-7-6-15(10)12(18)14-13(8-11(16)17)4-2-3-5-13/h10H,2-9H2,1H3,(H,14,18)(H,16,17). The third-order valence-corrected chi connectivity index (χ3v) is 5.24. The van der Waals surface area contributed by atoms with Crippen LogP contribution in [-0.4, -0.2) is 51.6 Å². The van der Waals surface area contributed by atoms with Crippen LogP contribution >= 0.6 is 11.8 Å². The lowest BCUT2D eigenvalue weighted by Crippen LogP contribution is -2.56. The lowest BCUT2D eigenvalue weighted by Gasteiger charge is -2.37. The Morgan fingerprint density at radius 1 is 1.42 bits per heavy atom. The Labute approximate surface area is 118 Å². The number of thioether (sulfide) groups is 1. The predicted molar refractivity (Wildman–Crippen MR) is 75.5 cm³/mol. The largest absolute Gasteiger partial charge is 0.481 e. The second-order valence-corrected chi connectivity index (χ2v) is 6.76. The fraction of sp³-hybridized carbons (Fsp3) is 0.846. The minimum atomic E-state index is -0.829. The highest BCUT2D eigenvalue weighted by Crippen LogP contribution is 2.33. The third kappa shape index (κ3) is 3.55. The van der Waals surface area contributed by atoms with Crippen LogP contribution in [-0.2, 0) is 4.79 Å². The van der Waals surface area contributed by atoms with Crippen molar-refractivity contribution in [1.82, 2.24) is 10.2 Å². The molecule has 1 aliphatic heterocycles. The van der Waals surface area contributed by atoms with E-state index in [-0.39, 0.29) is 18.5 Å². The number of carbonyl (C=O) groups is 2. The van der Waals surface area contributed by atoms with Crippen molar-refractivity contribution in [2.75, 3.05) is 18.1 Å². The molecule has 19 heavy (non-hydrogen) atoms. The number of carbonyl (C=O) groups excluding carboxylic acids is 1. The Hall–Kier alpha value is -0.910. The van der Waals surface area contributed by atoms with E-state index in [1.807, 2.05) is 23.6 Å². The number of carboxylic acids is 1. The summed E-state index contributed by atoms with van der Waals surface area (Å²) in [6.07, 6.45) is 3.59. The summed E-state index contributed by atoms with van der Waals surface area (Å²) in [6, 6.07) is 0.137. The number of nitrogens with zero attached hydrogens (tertiary/aromatic N) is 1. The normalized spacial score (nSPS) is 26.2. The Morgan fingerprint density at radius 3 is 2.68 bits per heavy atom. The third-order valence-electron chi connectivity index (χ3n) is 4.05. The zero-order chi connectivity index (χ0) is 13.9. The van der Waals surface area contributed by atoms with Gasteiger partial charge in [-0.05, 0) is 19.8 Å². The summed E-state index contributed by atoms with van der Waals surface area (Å²) in [5.41, 5.74) is -0.521. The van der Waals surface area contributed by atoms with Crippen molar-refractivity contribution in [2.24, 2.45) is 0 Å². The molecule has 2 amide bonds. The molecule has 0 aromatic rings. The van der Waals surface area contributed by atoms with Gasteiger partial charge in [-0.2, -0.15) is 11.8 Å². The van der Waals surface area contributed by atoms with Gasteiger partial charge in [-0.3, -0.25) is 4.79 Å². The summed E-state index contributed by atoms with van der Waals surface area (Å²) in [6.45, 7) is 2.80. The van der Waals surface area contributed by atoms with E-state index in [0.717, 1.165) is 43.7 Å². The van der Waals surface area contributed by atoms with Crippen molar-refractivity contribution in [1.29, 1.82) is 0 Å². The second kappa shape index (κ2) is 6.03. The molecule has 1 unspecified atom stereocenters. The average molecular weight is 286 g/mol. The summed E-state index contributed by atoms with van der Waals surface area (Å²) in [7, 11) is 0. The van der Waals surface area contributed by atoms with E-state index in [1.165, 1.54) is 0 Å². The van der Waals surface area contributed by atoms with Crippen LogP contribution in [0, 0.1) is 0 Å². The van der Waals surface area contributed by atoms with Crippen LogP contribution < -0.4 is 5.32 Å². The first-order chi connectivity index (χ1) is 9.02. The van der Waals surface area contributed by atoms with E-state index in [4.69, 9.17) is 5.11 Å². The van der Waals surface area contributed by atoms with E-state index < -0.39 is 11.5 Å². The van der Waals surface area contributed by atoms with Gasteiger partial charge >= 0.3 is 12.0 Å². The van der Waals surface area contributed by atoms with Gasteiger partial charge in [0.05, 0.1) is 12.0 Å². The van der Waals surface area contributed by atoms with E-state index >= 15 is 0 Å². The molecule has 0 aromatic carbocycles. The minimum absolute atomic E-state index is 0.0374. The van der Waals surface area contributed by atoms with Crippen LogP contribution in [0.4, 0.5) is 4.79 Å². The topological polar surface area (TPSA) is 69.6 Å². The highest BCUT2D eigenvalue weighted by molar-refractivity contribution is 7.99. The number of rotatable bonds is 3. The summed E-state index contributed by atoms with van der Waals surface area (Å²) in [4.78, 5) is 25.2. The SMILES string of the molecule is CC1CSCCN1C(=O)NC1(CC(=O)O)CCCC1. The summed E-state index contributed by atoms with van der Waals surface area (Å²) >= 11 is 1.86. The lowest BCUT2D eigenvalue weighted by atomic mass is 9.93. The lowest BCUT2D eigenvalue weighted by molar-refractivity contribution is -0.138. The highest BCUT2D eigenvalue weighted by atomic mass is 32.2. The zero-order valence-corrected chi connectivity index (χ0v) is 12.2. The van der Waals surface area contributed by atoms with Gasteiger partial charge in [0.15, 0.2) is 0 Å². The van der Waals surface area contributed by atoms with Crippen LogP contribution in [0.25, 0.3) is 0 Å². The molecule has 1 aliphatic carbocycles. The van der Waals surface area contributed by atoms with Crippen molar-refractivity contribution in [2.45, 2.75) is 50.6 Å². The number of urea groups is 1. The molecule has 1 saturated carbocycles. The Kier molecular flexibility index (Phi) is 4.60. The molecule has 6 heteroatoms. The number of nitrogens with one attached hydrogen (secondary N) is 1. The number of hydrogen-bond acceptors (Lipinski definition) is 3. The molecule has 0 radical (unpaired) electrons. The van der Waals surface area contributed by atoms with E-state index in [9.17, 15) is 9.59 Å². The molecule has 2 N–H and O–H groups in total. The van der Waals surface area contributed by atoms with E-state index in [1.54, 1.807) is 0 Å². The molecule has 0 spiro atoms. The first-order valence-corrected chi connectivity index (χ1v) is 8.06. The van der Waals surface area contributed by atoms with Crippen LogP contribution in [0.1, 0.15) is 39.0 Å². The van der Waals surface area contributed by atoms with Gasteiger partial charge in [0.2, 0.25) is 0 Å². The number of hydrogen-bond donors (Lipinski definition) is 2. The Balaban J connectivity index is 2.00. The number of aliphatic carboxylic acids is 1. The average Bonchev–Trinajstić information content (AvgIpc) is 2.76. The van der Waals surface area contributed by atoms with Crippen LogP contribution in [0.2, 0.25) is 0 Å². The molecule has 2 rings (SSSR count). The molecule has 2 aliphatic rings. The molecule has 2 fully saturated rings. The maximum absolute atomic E-state index is 12.4. The minimum Gasteiger partial charge on any atom is -0.481 e. The number of carboxylic acid groups (broad SMARTS) is 1. The van der Waals surface area contributed by atoms with Crippen LogP contribution in [0.3, 0.4) is 0 Å². The van der Waals surface area contributed by atoms with Crippen molar-refractivity contribution in [3.05, 3.63) is 0 Å². The summed E-state index contributed by atoms with van der Waals surface area (Å²) in [5, 5.41) is 12.1. The Morgan fingerprint density at radius 2 is 2.11 bits per heavy atom. The van der Waals surface area contributed by atoms with Crippen LogP contribution in [0.5, 0.6) is 0 Å². The first-order valence-electron chi connectivity index (χ1n) is 6.91. The zero-order valence-electron chi connectivity index (χ0n) is 11.4. The Bertz CT molecular complexity index is 356. The molecule has 108 valence electrons. The van der Waals surface area contributed by atoms with Crippen molar-refractivity contribution in [3.63, 3.8) is 0 Å².